The molecule has 0 radical (unpaired) electrons. The van der Waals surface area contributed by atoms with Crippen LogP contribution >= 0.6 is 22.7 Å². The molecule has 0 fully saturated rings. The number of nitrogens with zero attached hydrogens (tertiary/aromatic N) is 6. The summed E-state index contributed by atoms with van der Waals surface area (Å²) in [4.78, 5) is 27.3. The Bertz CT molecular complexity index is 1420. The lowest BCUT2D eigenvalue weighted by atomic mass is 10.3. The fourth-order valence-electron chi connectivity index (χ4n) is 2.82. The quantitative estimate of drug-likeness (QED) is 0.429. The third kappa shape index (κ3) is 2.40. The van der Waals surface area contributed by atoms with Gasteiger partial charge in [-0.2, -0.15) is 4.98 Å². The molecule has 6 heterocycles. The first-order valence-electron chi connectivity index (χ1n) is 8.02. The highest BCUT2D eigenvalue weighted by molar-refractivity contribution is 7.21. The lowest BCUT2D eigenvalue weighted by molar-refractivity contribution is 0.619. The molecule has 0 amide bonds. The van der Waals surface area contributed by atoms with Crippen LogP contribution in [-0.4, -0.2) is 29.9 Å². The summed E-state index contributed by atoms with van der Waals surface area (Å²) < 4.78 is 6.94. The summed E-state index contributed by atoms with van der Waals surface area (Å²) in [5, 5.41) is 0.851. The van der Waals surface area contributed by atoms with Crippen molar-refractivity contribution in [3.8, 4) is 22.0 Å². The Hall–Kier alpha value is -3.30. The van der Waals surface area contributed by atoms with E-state index < -0.39 is 0 Å². The summed E-state index contributed by atoms with van der Waals surface area (Å²) in [6.07, 6.45) is 5.24. The van der Waals surface area contributed by atoms with Crippen molar-refractivity contribution >= 4 is 54.6 Å². The van der Waals surface area contributed by atoms with E-state index in [0.717, 1.165) is 36.8 Å². The van der Waals surface area contributed by atoms with Crippen LogP contribution in [0, 0.1) is 0 Å². The van der Waals surface area contributed by atoms with E-state index >= 15 is 0 Å². The number of hydrogen-bond acceptors (Lipinski definition) is 9. The van der Waals surface area contributed by atoms with E-state index in [1.807, 2.05) is 24.3 Å². The standard InChI is InChI=1S/C18H8N6OS2/c1-2-11-18(19-3-1)27-17(23-11)10-4-12-14(20-7-10)24-16(25-12)9-5-13-15(21-6-9)22-8-26-13/h1-8H. The van der Waals surface area contributed by atoms with E-state index in [2.05, 4.69) is 29.9 Å². The molecule has 0 saturated carbocycles. The van der Waals surface area contributed by atoms with Gasteiger partial charge in [0.05, 0.1) is 15.8 Å². The fourth-order valence-corrected chi connectivity index (χ4v) is 4.38. The number of fused-ring (bicyclic) bond motifs is 3. The van der Waals surface area contributed by atoms with Gasteiger partial charge in [-0.3, -0.25) is 0 Å². The molecule has 0 aliphatic heterocycles. The molecule has 27 heavy (non-hydrogen) atoms. The molecule has 9 heteroatoms. The summed E-state index contributed by atoms with van der Waals surface area (Å²) >= 11 is 3.06. The van der Waals surface area contributed by atoms with Crippen LogP contribution in [0.15, 0.2) is 52.8 Å². The number of oxazole rings is 1. The number of rotatable bonds is 2. The molecule has 0 aliphatic rings. The van der Waals surface area contributed by atoms with Crippen LogP contribution in [0.1, 0.15) is 0 Å². The van der Waals surface area contributed by atoms with Crippen molar-refractivity contribution in [3.05, 3.63) is 48.4 Å². The molecule has 6 aromatic rings. The smallest absolute Gasteiger partial charge is 0.230 e. The highest BCUT2D eigenvalue weighted by atomic mass is 32.1. The minimum Gasteiger partial charge on any atom is -0.434 e. The van der Waals surface area contributed by atoms with Crippen molar-refractivity contribution in [2.24, 2.45) is 0 Å². The Labute approximate surface area is 159 Å². The van der Waals surface area contributed by atoms with Gasteiger partial charge >= 0.3 is 0 Å². The predicted octanol–water partition coefficient (Wildman–Crippen LogP) is 4.57. The molecule has 0 aromatic carbocycles. The molecular formula is C18H8N6OS2. The second-order valence-corrected chi connectivity index (χ2v) is 7.67. The Kier molecular flexibility index (Phi) is 3.07. The molecule has 0 saturated heterocycles. The number of pyridine rings is 3. The van der Waals surface area contributed by atoms with Crippen LogP contribution in [-0.2, 0) is 0 Å². The monoisotopic (exact) mass is 388 g/mol. The Morgan fingerprint density at radius 2 is 1.81 bits per heavy atom. The van der Waals surface area contributed by atoms with Gasteiger partial charge in [0.25, 0.3) is 0 Å². The van der Waals surface area contributed by atoms with Gasteiger partial charge in [0.1, 0.15) is 15.4 Å². The van der Waals surface area contributed by atoms with Crippen LogP contribution in [0.2, 0.25) is 0 Å². The zero-order chi connectivity index (χ0) is 17.8. The van der Waals surface area contributed by atoms with Gasteiger partial charge in [0.2, 0.25) is 5.89 Å². The fraction of sp³-hybridized carbons (Fsp3) is 0. The maximum atomic E-state index is 5.95. The largest absolute Gasteiger partial charge is 0.434 e. The SMILES string of the molecule is c1cnc2sc(-c3cnc4nc(-c5cnc6ncsc6c5)oc4c3)nc2c1. The highest BCUT2D eigenvalue weighted by Gasteiger charge is 2.14. The second-order valence-electron chi connectivity index (χ2n) is 5.81. The third-order valence-electron chi connectivity index (χ3n) is 4.09. The summed E-state index contributed by atoms with van der Waals surface area (Å²) in [6, 6.07) is 7.72. The predicted molar refractivity (Wildman–Crippen MR) is 105 cm³/mol. The topological polar surface area (TPSA) is 90.5 Å². The molecule has 7 nitrogen and oxygen atoms in total. The molecule has 128 valence electrons. The molecule has 0 spiro atoms. The number of thiazole rings is 2. The lowest BCUT2D eigenvalue weighted by Crippen LogP contribution is -1.82. The molecular weight excluding hydrogens is 380 g/mol. The third-order valence-corrected chi connectivity index (χ3v) is 5.89. The normalized spacial score (nSPS) is 11.7. The van der Waals surface area contributed by atoms with Gasteiger partial charge in [0, 0.05) is 24.2 Å². The molecule has 6 rings (SSSR count). The van der Waals surface area contributed by atoms with Crippen molar-refractivity contribution in [1.29, 1.82) is 0 Å². The van der Waals surface area contributed by atoms with Crippen molar-refractivity contribution in [2.75, 3.05) is 0 Å². The van der Waals surface area contributed by atoms with E-state index in [9.17, 15) is 0 Å². The van der Waals surface area contributed by atoms with Crippen LogP contribution in [0.4, 0.5) is 0 Å². The highest BCUT2D eigenvalue weighted by Crippen LogP contribution is 2.32. The second kappa shape index (κ2) is 5.60. The van der Waals surface area contributed by atoms with E-state index in [4.69, 9.17) is 4.42 Å². The van der Waals surface area contributed by atoms with E-state index in [0.29, 0.717) is 17.1 Å². The molecule has 0 atom stereocenters. The Morgan fingerprint density at radius 3 is 2.78 bits per heavy atom. The van der Waals surface area contributed by atoms with Crippen molar-refractivity contribution in [1.82, 2.24) is 29.9 Å². The van der Waals surface area contributed by atoms with Crippen LogP contribution in [0.25, 0.3) is 53.9 Å². The van der Waals surface area contributed by atoms with Gasteiger partial charge in [-0.15, -0.1) is 11.3 Å². The zero-order valence-electron chi connectivity index (χ0n) is 13.5. The van der Waals surface area contributed by atoms with Crippen molar-refractivity contribution in [3.63, 3.8) is 0 Å². The van der Waals surface area contributed by atoms with Crippen LogP contribution < -0.4 is 0 Å². The summed E-state index contributed by atoms with van der Waals surface area (Å²) in [6.45, 7) is 0. The average molecular weight is 388 g/mol. The van der Waals surface area contributed by atoms with Gasteiger partial charge in [0.15, 0.2) is 16.9 Å². The summed E-state index contributed by atoms with van der Waals surface area (Å²) in [5.74, 6) is 0.489. The minimum absolute atomic E-state index is 0.489. The van der Waals surface area contributed by atoms with E-state index in [-0.39, 0.29) is 0 Å². The van der Waals surface area contributed by atoms with Gasteiger partial charge < -0.3 is 4.42 Å². The first kappa shape index (κ1) is 14.8. The molecule has 0 aliphatic carbocycles. The zero-order valence-corrected chi connectivity index (χ0v) is 15.2. The molecule has 6 aromatic heterocycles. The van der Waals surface area contributed by atoms with Gasteiger partial charge in [-0.05, 0) is 24.3 Å². The van der Waals surface area contributed by atoms with Gasteiger partial charge in [-0.1, -0.05) is 11.3 Å². The molecule has 0 bridgehead atoms. The Balaban J connectivity index is 1.46. The maximum absolute atomic E-state index is 5.95. The minimum atomic E-state index is 0.489. The average Bonchev–Trinajstić information content (AvgIpc) is 3.42. The summed E-state index contributed by atoms with van der Waals surface area (Å²) in [5.41, 5.74) is 6.22. The summed E-state index contributed by atoms with van der Waals surface area (Å²) in [7, 11) is 0. The van der Waals surface area contributed by atoms with E-state index in [1.165, 1.54) is 22.7 Å². The van der Waals surface area contributed by atoms with E-state index in [1.54, 1.807) is 24.1 Å². The van der Waals surface area contributed by atoms with Crippen LogP contribution in [0.5, 0.6) is 0 Å². The number of hydrogen-bond donors (Lipinski definition) is 0. The molecule has 0 N–H and O–H groups in total. The Morgan fingerprint density at radius 1 is 0.889 bits per heavy atom. The molecule has 0 unspecified atom stereocenters. The van der Waals surface area contributed by atoms with Crippen molar-refractivity contribution in [2.45, 2.75) is 0 Å². The lowest BCUT2D eigenvalue weighted by Gasteiger charge is -1.94. The van der Waals surface area contributed by atoms with Gasteiger partial charge in [-0.25, -0.2) is 24.9 Å². The van der Waals surface area contributed by atoms with Crippen molar-refractivity contribution < 1.29 is 4.42 Å². The maximum Gasteiger partial charge on any atom is 0.230 e. The first-order valence-corrected chi connectivity index (χ1v) is 9.71. The number of aromatic nitrogens is 6. The first-order chi connectivity index (χ1) is 13.3. The van der Waals surface area contributed by atoms with Crippen LogP contribution in [0.3, 0.4) is 0 Å².